The number of methoxy groups -OCH3 is 1. The van der Waals surface area contributed by atoms with Gasteiger partial charge < -0.3 is 19.0 Å². The second-order valence-electron chi connectivity index (χ2n) is 5.78. The van der Waals surface area contributed by atoms with Crippen molar-refractivity contribution in [3.05, 3.63) is 72.3 Å². The van der Waals surface area contributed by atoms with Crippen molar-refractivity contribution in [1.29, 1.82) is 0 Å². The number of carbonyl (C=O) groups is 1. The minimum absolute atomic E-state index is 0.138. The zero-order valence-corrected chi connectivity index (χ0v) is 14.4. The third kappa shape index (κ3) is 3.32. The predicted molar refractivity (Wildman–Crippen MR) is 99.5 cm³/mol. The molecule has 0 saturated carbocycles. The molecule has 27 heavy (non-hydrogen) atoms. The maximum absolute atomic E-state index is 11.4. The number of aromatic carboxylic acids is 1. The molecule has 6 heteroatoms. The van der Waals surface area contributed by atoms with Crippen LogP contribution in [0.2, 0.25) is 0 Å². The van der Waals surface area contributed by atoms with Crippen molar-refractivity contribution in [3.63, 3.8) is 0 Å². The Bertz CT molecular complexity index is 1120. The Morgan fingerprint density at radius 2 is 1.67 bits per heavy atom. The van der Waals surface area contributed by atoms with Gasteiger partial charge in [0.2, 0.25) is 5.89 Å². The van der Waals surface area contributed by atoms with Gasteiger partial charge in [-0.3, -0.25) is 0 Å². The normalized spacial score (nSPS) is 10.7. The van der Waals surface area contributed by atoms with Crippen LogP contribution in [0.3, 0.4) is 0 Å². The first-order valence-corrected chi connectivity index (χ1v) is 8.19. The summed E-state index contributed by atoms with van der Waals surface area (Å²) >= 11 is 0. The molecule has 4 aromatic rings. The maximum atomic E-state index is 11.4. The summed E-state index contributed by atoms with van der Waals surface area (Å²) in [4.78, 5) is 15.8. The highest BCUT2D eigenvalue weighted by Crippen LogP contribution is 2.31. The van der Waals surface area contributed by atoms with Crippen LogP contribution in [0.15, 0.2) is 71.1 Å². The van der Waals surface area contributed by atoms with E-state index in [1.54, 1.807) is 55.6 Å². The molecule has 0 aliphatic carbocycles. The van der Waals surface area contributed by atoms with E-state index >= 15 is 0 Å². The van der Waals surface area contributed by atoms with E-state index in [1.807, 2.05) is 12.1 Å². The van der Waals surface area contributed by atoms with E-state index in [9.17, 15) is 9.90 Å². The minimum Gasteiger partial charge on any atom is -0.497 e. The Hall–Kier alpha value is -3.80. The fraction of sp³-hybridized carbons (Fsp3) is 0.0476. The van der Waals surface area contributed by atoms with Gasteiger partial charge in [0.25, 0.3) is 0 Å². The highest BCUT2D eigenvalue weighted by Gasteiger charge is 2.16. The average molecular weight is 361 g/mol. The SMILES string of the molecule is COc1ccc(Oc2ccc3oc(-c4ccccc4C(=O)O)nc3c2)cc1. The van der Waals surface area contributed by atoms with E-state index < -0.39 is 5.97 Å². The van der Waals surface area contributed by atoms with Gasteiger partial charge in [0, 0.05) is 6.07 Å². The zero-order chi connectivity index (χ0) is 18.8. The first-order valence-electron chi connectivity index (χ1n) is 8.19. The smallest absolute Gasteiger partial charge is 0.336 e. The van der Waals surface area contributed by atoms with Crippen LogP contribution in [0, 0.1) is 0 Å². The fourth-order valence-electron chi connectivity index (χ4n) is 2.72. The molecule has 0 aliphatic rings. The predicted octanol–water partition coefficient (Wildman–Crippen LogP) is 4.99. The molecule has 0 atom stereocenters. The summed E-state index contributed by atoms with van der Waals surface area (Å²) < 4.78 is 16.7. The highest BCUT2D eigenvalue weighted by atomic mass is 16.5. The molecule has 0 amide bonds. The molecule has 0 unspecified atom stereocenters. The Morgan fingerprint density at radius 1 is 0.963 bits per heavy atom. The lowest BCUT2D eigenvalue weighted by Crippen LogP contribution is -1.98. The quantitative estimate of drug-likeness (QED) is 0.539. The molecule has 0 saturated heterocycles. The molecule has 4 rings (SSSR count). The molecule has 0 fully saturated rings. The van der Waals surface area contributed by atoms with Crippen molar-refractivity contribution < 1.29 is 23.8 Å². The second kappa shape index (κ2) is 6.84. The zero-order valence-electron chi connectivity index (χ0n) is 14.4. The van der Waals surface area contributed by atoms with E-state index in [0.29, 0.717) is 28.2 Å². The van der Waals surface area contributed by atoms with Crippen LogP contribution < -0.4 is 9.47 Å². The maximum Gasteiger partial charge on any atom is 0.336 e. The molecular formula is C21H15NO5. The molecule has 1 N–H and O–H groups in total. The van der Waals surface area contributed by atoms with Gasteiger partial charge in [-0.1, -0.05) is 12.1 Å². The molecular weight excluding hydrogens is 346 g/mol. The summed E-state index contributed by atoms with van der Waals surface area (Å²) in [6, 6.07) is 19.1. The van der Waals surface area contributed by atoms with Gasteiger partial charge in [-0.15, -0.1) is 0 Å². The van der Waals surface area contributed by atoms with Crippen molar-refractivity contribution in [2.75, 3.05) is 7.11 Å². The van der Waals surface area contributed by atoms with Crippen LogP contribution in [0.4, 0.5) is 0 Å². The monoisotopic (exact) mass is 361 g/mol. The second-order valence-corrected chi connectivity index (χ2v) is 5.78. The lowest BCUT2D eigenvalue weighted by Gasteiger charge is -2.06. The van der Waals surface area contributed by atoms with Crippen molar-refractivity contribution in [2.45, 2.75) is 0 Å². The van der Waals surface area contributed by atoms with Gasteiger partial charge in [-0.05, 0) is 48.5 Å². The number of aromatic nitrogens is 1. The Balaban J connectivity index is 1.67. The Kier molecular flexibility index (Phi) is 4.22. The summed E-state index contributed by atoms with van der Waals surface area (Å²) in [6.07, 6.45) is 0. The average Bonchev–Trinajstić information content (AvgIpc) is 3.12. The molecule has 0 bridgehead atoms. The van der Waals surface area contributed by atoms with Gasteiger partial charge in [0.1, 0.15) is 22.8 Å². The Labute approximate surface area is 154 Å². The van der Waals surface area contributed by atoms with Crippen LogP contribution in [0.25, 0.3) is 22.6 Å². The van der Waals surface area contributed by atoms with Gasteiger partial charge in [-0.25, -0.2) is 9.78 Å². The molecule has 0 aliphatic heterocycles. The molecule has 0 radical (unpaired) electrons. The largest absolute Gasteiger partial charge is 0.497 e. The minimum atomic E-state index is -1.03. The number of benzene rings is 3. The number of fused-ring (bicyclic) bond motifs is 1. The van der Waals surface area contributed by atoms with E-state index in [2.05, 4.69) is 4.98 Å². The third-order valence-corrected chi connectivity index (χ3v) is 4.04. The topological polar surface area (TPSA) is 81.8 Å². The van der Waals surface area contributed by atoms with Crippen molar-refractivity contribution in [3.8, 4) is 28.7 Å². The van der Waals surface area contributed by atoms with Crippen LogP contribution >= 0.6 is 0 Å². The summed E-state index contributed by atoms with van der Waals surface area (Å²) in [5, 5.41) is 9.35. The van der Waals surface area contributed by atoms with E-state index in [-0.39, 0.29) is 11.5 Å². The van der Waals surface area contributed by atoms with Gasteiger partial charge in [0.15, 0.2) is 5.58 Å². The molecule has 1 aromatic heterocycles. The van der Waals surface area contributed by atoms with Crippen molar-refractivity contribution >= 4 is 17.1 Å². The van der Waals surface area contributed by atoms with Gasteiger partial charge in [0.05, 0.1) is 18.2 Å². The number of hydrogen-bond acceptors (Lipinski definition) is 5. The number of oxazole rings is 1. The number of carboxylic acid groups (broad SMARTS) is 1. The summed E-state index contributed by atoms with van der Waals surface area (Å²) in [5.41, 5.74) is 1.70. The molecule has 3 aromatic carbocycles. The van der Waals surface area contributed by atoms with Crippen molar-refractivity contribution in [1.82, 2.24) is 4.98 Å². The number of ether oxygens (including phenoxy) is 2. The lowest BCUT2D eigenvalue weighted by atomic mass is 10.1. The van der Waals surface area contributed by atoms with E-state index in [1.165, 1.54) is 6.07 Å². The van der Waals surface area contributed by atoms with E-state index in [4.69, 9.17) is 13.9 Å². The summed E-state index contributed by atoms with van der Waals surface area (Å²) in [7, 11) is 1.61. The first kappa shape index (κ1) is 16.7. The third-order valence-electron chi connectivity index (χ3n) is 4.04. The van der Waals surface area contributed by atoms with Gasteiger partial charge >= 0.3 is 5.97 Å². The lowest BCUT2D eigenvalue weighted by molar-refractivity contribution is 0.0697. The number of rotatable bonds is 5. The summed E-state index contributed by atoms with van der Waals surface area (Å²) in [6.45, 7) is 0. The molecule has 134 valence electrons. The standard InChI is InChI=1S/C21H15NO5/c1-25-13-6-8-14(9-7-13)26-15-10-11-19-18(12-15)22-20(27-19)16-4-2-3-5-17(16)21(23)24/h2-12H,1H3,(H,23,24). The first-order chi connectivity index (χ1) is 13.1. The van der Waals surface area contributed by atoms with Crippen LogP contribution in [0.5, 0.6) is 17.2 Å². The van der Waals surface area contributed by atoms with Gasteiger partial charge in [-0.2, -0.15) is 0 Å². The van der Waals surface area contributed by atoms with Crippen LogP contribution in [-0.4, -0.2) is 23.2 Å². The van der Waals surface area contributed by atoms with Crippen molar-refractivity contribution in [2.24, 2.45) is 0 Å². The fourth-order valence-corrected chi connectivity index (χ4v) is 2.72. The molecule has 6 nitrogen and oxygen atoms in total. The molecule has 0 spiro atoms. The van der Waals surface area contributed by atoms with Crippen LogP contribution in [0.1, 0.15) is 10.4 Å². The van der Waals surface area contributed by atoms with Crippen LogP contribution in [-0.2, 0) is 0 Å². The number of carboxylic acids is 1. The molecule has 1 heterocycles. The van der Waals surface area contributed by atoms with E-state index in [0.717, 1.165) is 5.75 Å². The highest BCUT2D eigenvalue weighted by molar-refractivity contribution is 5.95. The number of nitrogens with zero attached hydrogens (tertiary/aromatic N) is 1. The number of hydrogen-bond donors (Lipinski definition) is 1. The summed E-state index contributed by atoms with van der Waals surface area (Å²) in [5.74, 6) is 1.23. The Morgan fingerprint density at radius 3 is 2.41 bits per heavy atom.